The maximum Gasteiger partial charge on any atom is 0.237 e. The van der Waals surface area contributed by atoms with Gasteiger partial charge in [0.25, 0.3) is 0 Å². The monoisotopic (exact) mass is 320 g/mol. The van der Waals surface area contributed by atoms with Crippen LogP contribution >= 0.6 is 11.8 Å². The van der Waals surface area contributed by atoms with Gasteiger partial charge in [-0.15, -0.1) is 18.3 Å². The second kappa shape index (κ2) is 10.1. The summed E-state index contributed by atoms with van der Waals surface area (Å²) in [4.78, 5) is 23.6. The van der Waals surface area contributed by atoms with Crippen molar-refractivity contribution in [2.24, 2.45) is 0 Å². The number of unbranched alkanes of at least 4 members (excludes halogenated alkanes) is 1. The topological polar surface area (TPSA) is 58.2 Å². The second-order valence-corrected chi connectivity index (χ2v) is 6.36. The van der Waals surface area contributed by atoms with E-state index in [1.807, 2.05) is 6.92 Å². The van der Waals surface area contributed by atoms with Crippen LogP contribution in [0.4, 0.5) is 11.4 Å². The fourth-order valence-corrected chi connectivity index (χ4v) is 2.36. The Bertz CT molecular complexity index is 500. The Kier molecular flexibility index (Phi) is 8.36. The van der Waals surface area contributed by atoms with Crippen molar-refractivity contribution in [3.8, 4) is 0 Å². The summed E-state index contributed by atoms with van der Waals surface area (Å²) in [5.41, 5.74) is 1.47. The van der Waals surface area contributed by atoms with Gasteiger partial charge in [0.2, 0.25) is 11.8 Å². The highest BCUT2D eigenvalue weighted by Gasteiger charge is 2.12. The van der Waals surface area contributed by atoms with Gasteiger partial charge in [0, 0.05) is 23.5 Å². The number of anilines is 2. The predicted octanol–water partition coefficient (Wildman–Crippen LogP) is 4.06. The Hall–Kier alpha value is -1.75. The molecule has 1 atom stereocenters. The maximum atomic E-state index is 12.0. The van der Waals surface area contributed by atoms with Gasteiger partial charge in [0.1, 0.15) is 0 Å². The molecule has 1 aromatic rings. The fraction of sp³-hybridized carbons (Fsp3) is 0.412. The molecule has 120 valence electrons. The minimum atomic E-state index is -0.133. The highest BCUT2D eigenvalue weighted by Crippen LogP contribution is 2.17. The van der Waals surface area contributed by atoms with Gasteiger partial charge in [-0.05, 0) is 37.6 Å². The van der Waals surface area contributed by atoms with Crippen LogP contribution in [0.3, 0.4) is 0 Å². The van der Waals surface area contributed by atoms with Gasteiger partial charge in [-0.1, -0.05) is 19.4 Å². The van der Waals surface area contributed by atoms with Gasteiger partial charge in [0.05, 0.1) is 5.25 Å². The molecule has 4 nitrogen and oxygen atoms in total. The first-order chi connectivity index (χ1) is 10.6. The van der Waals surface area contributed by atoms with Gasteiger partial charge >= 0.3 is 0 Å². The van der Waals surface area contributed by atoms with Crippen molar-refractivity contribution in [2.75, 3.05) is 16.4 Å². The van der Waals surface area contributed by atoms with Crippen LogP contribution in [0.25, 0.3) is 0 Å². The van der Waals surface area contributed by atoms with E-state index in [1.54, 1.807) is 30.3 Å². The first-order valence-corrected chi connectivity index (χ1v) is 8.55. The molecule has 0 saturated heterocycles. The third kappa shape index (κ3) is 6.80. The molecule has 0 aromatic heterocycles. The van der Waals surface area contributed by atoms with Gasteiger partial charge in [-0.2, -0.15) is 0 Å². The van der Waals surface area contributed by atoms with E-state index in [1.165, 1.54) is 11.8 Å². The Morgan fingerprint density at radius 3 is 2.36 bits per heavy atom. The van der Waals surface area contributed by atoms with E-state index in [-0.39, 0.29) is 17.1 Å². The summed E-state index contributed by atoms with van der Waals surface area (Å²) >= 11 is 1.54. The van der Waals surface area contributed by atoms with Crippen molar-refractivity contribution in [2.45, 2.75) is 38.4 Å². The van der Waals surface area contributed by atoms with E-state index in [9.17, 15) is 9.59 Å². The molecule has 0 aliphatic heterocycles. The van der Waals surface area contributed by atoms with Crippen LogP contribution < -0.4 is 10.6 Å². The first kappa shape index (κ1) is 18.3. The summed E-state index contributed by atoms with van der Waals surface area (Å²) < 4.78 is 0. The molecule has 0 aliphatic rings. The van der Waals surface area contributed by atoms with E-state index in [2.05, 4.69) is 24.1 Å². The number of thioether (sulfide) groups is 1. The van der Waals surface area contributed by atoms with Crippen molar-refractivity contribution >= 4 is 35.0 Å². The number of hydrogen-bond donors (Lipinski definition) is 2. The Balaban J connectivity index is 2.49. The first-order valence-electron chi connectivity index (χ1n) is 7.50. The number of carbonyl (C=O) groups excluding carboxylic acids is 2. The van der Waals surface area contributed by atoms with E-state index in [0.29, 0.717) is 6.42 Å². The molecular formula is C17H24N2O2S. The van der Waals surface area contributed by atoms with Crippen LogP contribution in [0.5, 0.6) is 0 Å². The third-order valence-electron chi connectivity index (χ3n) is 3.03. The zero-order valence-electron chi connectivity index (χ0n) is 13.2. The second-order valence-electron chi connectivity index (χ2n) is 4.98. The lowest BCUT2D eigenvalue weighted by atomic mass is 10.2. The van der Waals surface area contributed by atoms with Crippen LogP contribution in [0.2, 0.25) is 0 Å². The molecule has 1 aromatic carbocycles. The number of rotatable bonds is 9. The molecule has 0 spiro atoms. The quantitative estimate of drug-likeness (QED) is 0.675. The van der Waals surface area contributed by atoms with Crippen molar-refractivity contribution in [3.63, 3.8) is 0 Å². The Morgan fingerprint density at radius 2 is 1.82 bits per heavy atom. The summed E-state index contributed by atoms with van der Waals surface area (Å²) in [6.07, 6.45) is 4.21. The van der Waals surface area contributed by atoms with Crippen molar-refractivity contribution < 1.29 is 9.59 Å². The highest BCUT2D eigenvalue weighted by atomic mass is 32.2. The average Bonchev–Trinajstić information content (AvgIpc) is 2.52. The lowest BCUT2D eigenvalue weighted by Gasteiger charge is -2.11. The number of hydrogen-bond acceptors (Lipinski definition) is 3. The molecule has 2 N–H and O–H groups in total. The van der Waals surface area contributed by atoms with Gasteiger partial charge in [-0.3, -0.25) is 9.59 Å². The number of amides is 2. The highest BCUT2D eigenvalue weighted by molar-refractivity contribution is 8.00. The molecule has 0 aliphatic carbocycles. The molecule has 0 bridgehead atoms. The molecule has 0 saturated carbocycles. The van der Waals surface area contributed by atoms with E-state index in [0.717, 1.165) is 30.0 Å². The maximum absolute atomic E-state index is 12.0. The minimum Gasteiger partial charge on any atom is -0.326 e. The standard InChI is InChI=1S/C17H24N2O2S/c1-4-6-7-16(20)18-14-8-10-15(11-9-14)19-17(21)13(3)22-12-5-2/h5,8-11,13H,2,4,6-7,12H2,1,3H3,(H,18,20)(H,19,21)/t13-/m1/s1. The van der Waals surface area contributed by atoms with Crippen molar-refractivity contribution in [1.29, 1.82) is 0 Å². The lowest BCUT2D eigenvalue weighted by molar-refractivity contribution is -0.116. The van der Waals surface area contributed by atoms with Gasteiger partial charge in [0.15, 0.2) is 0 Å². The summed E-state index contributed by atoms with van der Waals surface area (Å²) in [5.74, 6) is 0.733. The normalized spacial score (nSPS) is 11.5. The largest absolute Gasteiger partial charge is 0.326 e. The SMILES string of the molecule is C=CCS[C@H](C)C(=O)Nc1ccc(NC(=O)CCCC)cc1. The van der Waals surface area contributed by atoms with Crippen molar-refractivity contribution in [3.05, 3.63) is 36.9 Å². The van der Waals surface area contributed by atoms with E-state index >= 15 is 0 Å². The average molecular weight is 320 g/mol. The summed E-state index contributed by atoms with van der Waals surface area (Å²) in [6, 6.07) is 7.17. The molecule has 5 heteroatoms. The smallest absolute Gasteiger partial charge is 0.237 e. The lowest BCUT2D eigenvalue weighted by Crippen LogP contribution is -2.22. The zero-order valence-corrected chi connectivity index (χ0v) is 14.0. The van der Waals surface area contributed by atoms with E-state index in [4.69, 9.17) is 0 Å². The molecular weight excluding hydrogens is 296 g/mol. The minimum absolute atomic E-state index is 0.0214. The van der Waals surface area contributed by atoms with Crippen molar-refractivity contribution in [1.82, 2.24) is 0 Å². The number of nitrogens with one attached hydrogen (secondary N) is 2. The molecule has 0 heterocycles. The number of carbonyl (C=O) groups is 2. The van der Waals surface area contributed by atoms with Crippen LogP contribution in [-0.4, -0.2) is 22.8 Å². The molecule has 22 heavy (non-hydrogen) atoms. The Labute approximate surface area is 136 Å². The van der Waals surface area contributed by atoms with Crippen LogP contribution in [-0.2, 0) is 9.59 Å². The van der Waals surface area contributed by atoms with E-state index < -0.39 is 0 Å². The molecule has 2 amide bonds. The van der Waals surface area contributed by atoms with Crippen LogP contribution in [0.1, 0.15) is 33.1 Å². The van der Waals surface area contributed by atoms with Crippen LogP contribution in [0, 0.1) is 0 Å². The number of benzene rings is 1. The summed E-state index contributed by atoms with van der Waals surface area (Å²) in [5, 5.41) is 5.57. The van der Waals surface area contributed by atoms with Gasteiger partial charge in [-0.25, -0.2) is 0 Å². The summed E-state index contributed by atoms with van der Waals surface area (Å²) in [6.45, 7) is 7.56. The van der Waals surface area contributed by atoms with Gasteiger partial charge < -0.3 is 10.6 Å². The molecule has 0 unspecified atom stereocenters. The third-order valence-corrected chi connectivity index (χ3v) is 4.17. The predicted molar refractivity (Wildman–Crippen MR) is 95.3 cm³/mol. The molecule has 0 fully saturated rings. The summed E-state index contributed by atoms with van der Waals surface area (Å²) in [7, 11) is 0. The molecule has 0 radical (unpaired) electrons. The Morgan fingerprint density at radius 1 is 1.23 bits per heavy atom. The van der Waals surface area contributed by atoms with Crippen LogP contribution in [0.15, 0.2) is 36.9 Å². The molecule has 1 rings (SSSR count). The zero-order chi connectivity index (χ0) is 16.4. The fourth-order valence-electron chi connectivity index (χ4n) is 1.73.